The summed E-state index contributed by atoms with van der Waals surface area (Å²) in [6, 6.07) is 17.4. The largest absolute Gasteiger partial charge is 0.496 e. The molecule has 1 aromatic heterocycles. The van der Waals surface area contributed by atoms with E-state index in [1.54, 1.807) is 19.4 Å². The van der Waals surface area contributed by atoms with Crippen molar-refractivity contribution < 1.29 is 9.53 Å². The summed E-state index contributed by atoms with van der Waals surface area (Å²) in [7, 11) is 1.61. The van der Waals surface area contributed by atoms with Gasteiger partial charge in [-0.05, 0) is 24.6 Å². The van der Waals surface area contributed by atoms with E-state index in [2.05, 4.69) is 32.7 Å². The number of para-hydroxylation sites is 1. The van der Waals surface area contributed by atoms with Crippen LogP contribution in [0.4, 0.5) is 5.95 Å². The predicted octanol–water partition coefficient (Wildman–Crippen LogP) is 3.34. The van der Waals surface area contributed by atoms with Crippen LogP contribution in [0.5, 0.6) is 5.75 Å². The van der Waals surface area contributed by atoms with Gasteiger partial charge in [-0.1, -0.05) is 48.0 Å². The molecule has 0 fully saturated rings. The fourth-order valence-electron chi connectivity index (χ4n) is 2.57. The number of rotatable bonds is 7. The Labute approximate surface area is 158 Å². The third-order valence-electron chi connectivity index (χ3n) is 4.09. The van der Waals surface area contributed by atoms with Crippen molar-refractivity contribution in [2.24, 2.45) is 0 Å². The van der Waals surface area contributed by atoms with Crippen LogP contribution in [0.25, 0.3) is 0 Å². The molecule has 0 spiro atoms. The lowest BCUT2D eigenvalue weighted by atomic mass is 10.1. The molecule has 0 atom stereocenters. The number of nitrogens with one attached hydrogen (secondary N) is 2. The van der Waals surface area contributed by atoms with Gasteiger partial charge in [0.2, 0.25) is 5.95 Å². The van der Waals surface area contributed by atoms with Gasteiger partial charge in [-0.25, -0.2) is 9.97 Å². The lowest BCUT2D eigenvalue weighted by molar-refractivity contribution is 0.0945. The molecular formula is C21H22N4O2. The van der Waals surface area contributed by atoms with E-state index in [4.69, 9.17) is 4.74 Å². The number of anilines is 1. The zero-order chi connectivity index (χ0) is 19.1. The molecule has 0 aliphatic carbocycles. The molecule has 0 aliphatic rings. The van der Waals surface area contributed by atoms with Gasteiger partial charge >= 0.3 is 0 Å². The van der Waals surface area contributed by atoms with Gasteiger partial charge in [-0.2, -0.15) is 0 Å². The number of aromatic nitrogens is 2. The van der Waals surface area contributed by atoms with Gasteiger partial charge in [-0.15, -0.1) is 0 Å². The van der Waals surface area contributed by atoms with Crippen LogP contribution in [0.2, 0.25) is 0 Å². The second-order valence-corrected chi connectivity index (χ2v) is 6.10. The average molecular weight is 362 g/mol. The summed E-state index contributed by atoms with van der Waals surface area (Å²) in [6.45, 7) is 3.00. The molecule has 2 aromatic carbocycles. The lowest BCUT2D eigenvalue weighted by Crippen LogP contribution is -2.24. The van der Waals surface area contributed by atoms with Gasteiger partial charge in [0.25, 0.3) is 5.91 Å². The van der Waals surface area contributed by atoms with Gasteiger partial charge in [0.05, 0.1) is 7.11 Å². The summed E-state index contributed by atoms with van der Waals surface area (Å²) >= 11 is 0. The minimum absolute atomic E-state index is 0.262. The third kappa shape index (κ3) is 5.04. The first-order valence-corrected chi connectivity index (χ1v) is 8.68. The van der Waals surface area contributed by atoms with Gasteiger partial charge in [-0.3, -0.25) is 4.79 Å². The van der Waals surface area contributed by atoms with Gasteiger partial charge in [0.15, 0.2) is 0 Å². The van der Waals surface area contributed by atoms with Crippen molar-refractivity contribution in [3.63, 3.8) is 0 Å². The van der Waals surface area contributed by atoms with E-state index in [1.165, 1.54) is 5.56 Å². The van der Waals surface area contributed by atoms with E-state index >= 15 is 0 Å². The maximum atomic E-state index is 12.4. The standard InChI is InChI=1S/C21H22N4O2/c1-15-7-9-16(10-8-15)13-24-21-22-12-11-18(25-21)20(26)23-14-17-5-3-4-6-19(17)27-2/h3-12H,13-14H2,1-2H3,(H,23,26)(H,22,24,25). The number of carbonyl (C=O) groups is 1. The molecule has 0 unspecified atom stereocenters. The highest BCUT2D eigenvalue weighted by Crippen LogP contribution is 2.16. The Balaban J connectivity index is 1.60. The number of amides is 1. The highest BCUT2D eigenvalue weighted by Gasteiger charge is 2.10. The maximum Gasteiger partial charge on any atom is 0.270 e. The van der Waals surface area contributed by atoms with Crippen LogP contribution >= 0.6 is 0 Å². The fourth-order valence-corrected chi connectivity index (χ4v) is 2.57. The summed E-state index contributed by atoms with van der Waals surface area (Å²) in [5.74, 6) is 0.892. The van der Waals surface area contributed by atoms with Crippen molar-refractivity contribution >= 4 is 11.9 Å². The first kappa shape index (κ1) is 18.4. The molecule has 0 saturated heterocycles. The van der Waals surface area contributed by atoms with Crippen LogP contribution in [-0.4, -0.2) is 23.0 Å². The minimum Gasteiger partial charge on any atom is -0.496 e. The van der Waals surface area contributed by atoms with E-state index in [9.17, 15) is 4.79 Å². The molecule has 0 radical (unpaired) electrons. The predicted molar refractivity (Wildman–Crippen MR) is 105 cm³/mol. The van der Waals surface area contributed by atoms with E-state index in [-0.39, 0.29) is 5.91 Å². The SMILES string of the molecule is COc1ccccc1CNC(=O)c1ccnc(NCc2ccc(C)cc2)n1. The van der Waals surface area contributed by atoms with Crippen molar-refractivity contribution in [3.8, 4) is 5.75 Å². The number of ether oxygens (including phenoxy) is 1. The number of aryl methyl sites for hydroxylation is 1. The third-order valence-corrected chi connectivity index (χ3v) is 4.09. The Bertz CT molecular complexity index is 910. The molecule has 0 saturated carbocycles. The summed E-state index contributed by atoms with van der Waals surface area (Å²) in [4.78, 5) is 20.9. The van der Waals surface area contributed by atoms with Crippen LogP contribution in [0.3, 0.4) is 0 Å². The smallest absolute Gasteiger partial charge is 0.270 e. The van der Waals surface area contributed by atoms with E-state index in [0.29, 0.717) is 24.7 Å². The molecular weight excluding hydrogens is 340 g/mol. The van der Waals surface area contributed by atoms with Crippen molar-refractivity contribution in [2.45, 2.75) is 20.0 Å². The maximum absolute atomic E-state index is 12.4. The van der Waals surface area contributed by atoms with Crippen LogP contribution in [0.15, 0.2) is 60.8 Å². The summed E-state index contributed by atoms with van der Waals surface area (Å²) in [5, 5.41) is 6.01. The summed E-state index contributed by atoms with van der Waals surface area (Å²) in [5.41, 5.74) is 3.55. The molecule has 3 rings (SSSR count). The Morgan fingerprint density at radius 3 is 2.59 bits per heavy atom. The van der Waals surface area contributed by atoms with Crippen molar-refractivity contribution in [1.29, 1.82) is 0 Å². The zero-order valence-corrected chi connectivity index (χ0v) is 15.4. The lowest BCUT2D eigenvalue weighted by Gasteiger charge is -2.10. The summed E-state index contributed by atoms with van der Waals surface area (Å²) < 4.78 is 5.30. The van der Waals surface area contributed by atoms with Crippen LogP contribution < -0.4 is 15.4 Å². The Hall–Kier alpha value is -3.41. The minimum atomic E-state index is -0.262. The van der Waals surface area contributed by atoms with Gasteiger partial charge in [0, 0.05) is 24.8 Å². The second kappa shape index (κ2) is 8.80. The average Bonchev–Trinajstić information content (AvgIpc) is 2.72. The first-order valence-electron chi connectivity index (χ1n) is 8.68. The molecule has 6 heteroatoms. The van der Waals surface area contributed by atoms with Crippen molar-refractivity contribution in [1.82, 2.24) is 15.3 Å². The molecule has 1 amide bonds. The summed E-state index contributed by atoms with van der Waals surface area (Å²) in [6.07, 6.45) is 1.57. The van der Waals surface area contributed by atoms with Crippen molar-refractivity contribution in [3.05, 3.63) is 83.2 Å². The Kier molecular flexibility index (Phi) is 5.99. The topological polar surface area (TPSA) is 76.1 Å². The van der Waals surface area contributed by atoms with E-state index < -0.39 is 0 Å². The van der Waals surface area contributed by atoms with Gasteiger partial charge in [0.1, 0.15) is 11.4 Å². The first-order chi connectivity index (χ1) is 13.2. The molecule has 6 nitrogen and oxygen atoms in total. The number of nitrogens with zero attached hydrogens (tertiary/aromatic N) is 2. The highest BCUT2D eigenvalue weighted by atomic mass is 16.5. The van der Waals surface area contributed by atoms with Crippen molar-refractivity contribution in [2.75, 3.05) is 12.4 Å². The van der Waals surface area contributed by atoms with Crippen LogP contribution in [-0.2, 0) is 13.1 Å². The molecule has 2 N–H and O–H groups in total. The van der Waals surface area contributed by atoms with E-state index in [0.717, 1.165) is 16.9 Å². The quantitative estimate of drug-likeness (QED) is 0.674. The molecule has 0 aliphatic heterocycles. The molecule has 3 aromatic rings. The van der Waals surface area contributed by atoms with Crippen LogP contribution in [0, 0.1) is 6.92 Å². The fraction of sp³-hybridized carbons (Fsp3) is 0.190. The highest BCUT2D eigenvalue weighted by molar-refractivity contribution is 5.92. The normalized spacial score (nSPS) is 10.3. The number of hydrogen-bond donors (Lipinski definition) is 2. The van der Waals surface area contributed by atoms with E-state index in [1.807, 2.05) is 43.3 Å². The Morgan fingerprint density at radius 1 is 1.04 bits per heavy atom. The number of carbonyl (C=O) groups excluding carboxylic acids is 1. The number of benzene rings is 2. The molecule has 0 bridgehead atoms. The second-order valence-electron chi connectivity index (χ2n) is 6.10. The Morgan fingerprint density at radius 2 is 1.81 bits per heavy atom. The molecule has 138 valence electrons. The van der Waals surface area contributed by atoms with Gasteiger partial charge < -0.3 is 15.4 Å². The monoisotopic (exact) mass is 362 g/mol. The molecule has 1 heterocycles. The number of hydrogen-bond acceptors (Lipinski definition) is 5. The molecule has 27 heavy (non-hydrogen) atoms. The zero-order valence-electron chi connectivity index (χ0n) is 15.4. The number of methoxy groups -OCH3 is 1. The van der Waals surface area contributed by atoms with Crippen LogP contribution in [0.1, 0.15) is 27.2 Å².